The first kappa shape index (κ1) is 29.0. The first-order valence-corrected chi connectivity index (χ1v) is 15.3. The molecule has 2 heterocycles. The average Bonchev–Trinajstić information content (AvgIpc) is 3.74. The monoisotopic (exact) mass is 550 g/mol. The summed E-state index contributed by atoms with van der Waals surface area (Å²) in [6, 6.07) is 6.52. The summed E-state index contributed by atoms with van der Waals surface area (Å²) in [4.78, 5) is 33.4. The van der Waals surface area contributed by atoms with Gasteiger partial charge in [0.05, 0.1) is 6.04 Å². The minimum atomic E-state index is -0.598. The lowest BCUT2D eigenvalue weighted by Gasteiger charge is -2.36. The number of nitrogens with one attached hydrogen (secondary N) is 1. The Bertz CT molecular complexity index is 1140. The lowest BCUT2D eigenvalue weighted by Crippen LogP contribution is -2.51. The zero-order valence-electron chi connectivity index (χ0n) is 25.9. The third-order valence-electron chi connectivity index (χ3n) is 9.81. The fraction of sp³-hybridized carbons (Fsp3) is 0.697. The number of fused-ring (bicyclic) bond motifs is 1. The van der Waals surface area contributed by atoms with Crippen LogP contribution in [0.15, 0.2) is 24.3 Å². The van der Waals surface area contributed by atoms with Crippen LogP contribution in [0, 0.1) is 23.2 Å². The van der Waals surface area contributed by atoms with Crippen molar-refractivity contribution in [1.29, 1.82) is 0 Å². The van der Waals surface area contributed by atoms with Gasteiger partial charge < -0.3 is 19.9 Å². The number of allylic oxidation sites excluding steroid dienone is 1. The number of carbonyl (C=O) groups excluding carboxylic acids is 2. The summed E-state index contributed by atoms with van der Waals surface area (Å²) >= 11 is 0. The quantitative estimate of drug-likeness (QED) is 0.471. The molecule has 1 N–H and O–H groups in total. The Morgan fingerprint density at radius 3 is 2.45 bits per heavy atom. The Hall–Kier alpha value is -2.54. The molecular formula is C33H50N4O3. The number of anilines is 1. The summed E-state index contributed by atoms with van der Waals surface area (Å²) in [5, 5.41) is 3.30. The van der Waals surface area contributed by atoms with E-state index in [-0.39, 0.29) is 23.3 Å². The average molecular weight is 551 g/mol. The van der Waals surface area contributed by atoms with Gasteiger partial charge in [0.25, 0.3) is 0 Å². The van der Waals surface area contributed by atoms with Crippen molar-refractivity contribution in [1.82, 2.24) is 15.1 Å². The van der Waals surface area contributed by atoms with E-state index in [1.165, 1.54) is 31.4 Å². The second kappa shape index (κ2) is 10.7. The standard InChI is InChI=1S/C33H50N4O3/c1-21(34-30(38)29-28-27(33(28,5)6)20-37(29)31(39)40-32(2,3)4)26-14-13-25(19-23(26)12-11-22-9-10-22)36(8)24-15-17-35(7)18-16-24/h11-14,19,21-22,24,27-29H,9-10,15-18,20H2,1-8H3,(H,34,38)/b12-11+/t21-,27?,28?,29-/m0/s1. The topological polar surface area (TPSA) is 65.1 Å². The summed E-state index contributed by atoms with van der Waals surface area (Å²) < 4.78 is 5.69. The molecule has 40 heavy (non-hydrogen) atoms. The van der Waals surface area contributed by atoms with Crippen LogP contribution in [0.5, 0.6) is 0 Å². The van der Waals surface area contributed by atoms with Crippen molar-refractivity contribution in [3.05, 3.63) is 35.4 Å². The summed E-state index contributed by atoms with van der Waals surface area (Å²) in [6.07, 6.45) is 9.04. The van der Waals surface area contributed by atoms with Gasteiger partial charge in [-0.15, -0.1) is 0 Å². The van der Waals surface area contributed by atoms with Gasteiger partial charge in [-0.2, -0.15) is 0 Å². The second-order valence-corrected chi connectivity index (χ2v) is 14.4. The molecule has 7 nitrogen and oxygen atoms in total. The fourth-order valence-electron chi connectivity index (χ4n) is 6.91. The van der Waals surface area contributed by atoms with E-state index in [4.69, 9.17) is 4.74 Å². The molecule has 2 amide bonds. The molecule has 0 aromatic heterocycles. The van der Waals surface area contributed by atoms with Crippen LogP contribution >= 0.6 is 0 Å². The highest BCUT2D eigenvalue weighted by Gasteiger charge is 2.69. The largest absolute Gasteiger partial charge is 0.444 e. The molecule has 1 aromatic rings. The Kier molecular flexibility index (Phi) is 7.75. The highest BCUT2D eigenvalue weighted by atomic mass is 16.6. The third kappa shape index (κ3) is 6.05. The molecule has 0 radical (unpaired) electrons. The van der Waals surface area contributed by atoms with Crippen LogP contribution in [-0.2, 0) is 9.53 Å². The number of likely N-dealkylation sites (tertiary alicyclic amines) is 2. The number of hydrogen-bond acceptors (Lipinski definition) is 5. The molecule has 2 saturated carbocycles. The van der Waals surface area contributed by atoms with Gasteiger partial charge in [0.2, 0.25) is 5.91 Å². The van der Waals surface area contributed by atoms with Gasteiger partial charge >= 0.3 is 6.09 Å². The lowest BCUT2D eigenvalue weighted by molar-refractivity contribution is -0.127. The molecule has 4 atom stereocenters. The molecule has 2 aliphatic carbocycles. The van der Waals surface area contributed by atoms with Gasteiger partial charge in [0.15, 0.2) is 0 Å². The normalized spacial score (nSPS) is 27.4. The number of carbonyl (C=O) groups is 2. The van der Waals surface area contributed by atoms with Crippen LogP contribution in [0.1, 0.15) is 84.4 Å². The Balaban J connectivity index is 1.34. The van der Waals surface area contributed by atoms with E-state index in [9.17, 15) is 9.59 Å². The molecule has 220 valence electrons. The maximum Gasteiger partial charge on any atom is 0.410 e. The number of hydrogen-bond donors (Lipinski definition) is 1. The van der Waals surface area contributed by atoms with Crippen molar-refractivity contribution in [2.75, 3.05) is 38.6 Å². The van der Waals surface area contributed by atoms with Crippen LogP contribution in [0.3, 0.4) is 0 Å². The van der Waals surface area contributed by atoms with Crippen molar-refractivity contribution in [2.24, 2.45) is 23.2 Å². The minimum Gasteiger partial charge on any atom is -0.444 e. The molecule has 5 rings (SSSR count). The van der Waals surface area contributed by atoms with Crippen LogP contribution in [0.2, 0.25) is 0 Å². The molecule has 4 fully saturated rings. The van der Waals surface area contributed by atoms with Crippen LogP contribution < -0.4 is 10.2 Å². The van der Waals surface area contributed by atoms with Crippen molar-refractivity contribution >= 4 is 23.8 Å². The van der Waals surface area contributed by atoms with Crippen LogP contribution in [-0.4, -0.2) is 73.2 Å². The van der Waals surface area contributed by atoms with Gasteiger partial charge in [-0.25, -0.2) is 4.79 Å². The number of benzene rings is 1. The molecule has 2 aliphatic heterocycles. The van der Waals surface area contributed by atoms with E-state index in [0.29, 0.717) is 24.4 Å². The highest BCUT2D eigenvalue weighted by molar-refractivity contribution is 5.88. The van der Waals surface area contributed by atoms with Gasteiger partial charge in [-0.1, -0.05) is 32.1 Å². The van der Waals surface area contributed by atoms with E-state index >= 15 is 0 Å². The molecule has 0 spiro atoms. The number of piperidine rings is 2. The van der Waals surface area contributed by atoms with E-state index in [0.717, 1.165) is 24.2 Å². The van der Waals surface area contributed by atoms with Gasteiger partial charge in [-0.3, -0.25) is 9.69 Å². The lowest BCUT2D eigenvalue weighted by atomic mass is 9.96. The van der Waals surface area contributed by atoms with Crippen molar-refractivity contribution in [3.8, 4) is 0 Å². The minimum absolute atomic E-state index is 0.0576. The van der Waals surface area contributed by atoms with E-state index in [2.05, 4.69) is 80.3 Å². The predicted octanol–water partition coefficient (Wildman–Crippen LogP) is 5.71. The van der Waals surface area contributed by atoms with E-state index in [1.54, 1.807) is 4.90 Å². The second-order valence-electron chi connectivity index (χ2n) is 14.4. The zero-order valence-corrected chi connectivity index (χ0v) is 25.9. The third-order valence-corrected chi connectivity index (χ3v) is 9.81. The van der Waals surface area contributed by atoms with Gasteiger partial charge in [-0.05, 0) is 120 Å². The smallest absolute Gasteiger partial charge is 0.410 e. The van der Waals surface area contributed by atoms with Crippen molar-refractivity contribution in [2.45, 2.75) is 91.0 Å². The number of rotatable bonds is 7. The number of ether oxygens (including phenoxy) is 1. The Morgan fingerprint density at radius 1 is 1.15 bits per heavy atom. The number of nitrogens with zero attached hydrogens (tertiary/aromatic N) is 3. The van der Waals surface area contributed by atoms with E-state index < -0.39 is 17.7 Å². The summed E-state index contributed by atoms with van der Waals surface area (Å²) in [5.74, 6) is 1.08. The SMILES string of the molecule is C[C@H](NC(=O)[C@@H]1C2C(CN1C(=O)OC(C)(C)C)C2(C)C)c1ccc(N(C)C2CCN(C)CC2)cc1/C=C/C1CC1. The van der Waals surface area contributed by atoms with Gasteiger partial charge in [0, 0.05) is 25.3 Å². The highest BCUT2D eigenvalue weighted by Crippen LogP contribution is 2.65. The molecule has 0 bridgehead atoms. The van der Waals surface area contributed by atoms with Gasteiger partial charge in [0.1, 0.15) is 11.6 Å². The molecule has 2 unspecified atom stereocenters. The maximum atomic E-state index is 13.8. The first-order valence-electron chi connectivity index (χ1n) is 15.3. The molecule has 1 aromatic carbocycles. The van der Waals surface area contributed by atoms with Crippen molar-refractivity contribution < 1.29 is 14.3 Å². The first-order chi connectivity index (χ1) is 18.8. The Morgan fingerprint density at radius 2 is 1.82 bits per heavy atom. The molecule has 2 saturated heterocycles. The Labute approximate surface area is 241 Å². The summed E-state index contributed by atoms with van der Waals surface area (Å²) in [6.45, 7) is 14.9. The summed E-state index contributed by atoms with van der Waals surface area (Å²) in [5.41, 5.74) is 2.96. The number of amides is 2. The zero-order chi connectivity index (χ0) is 29.0. The molecule has 7 heteroatoms. The van der Waals surface area contributed by atoms with E-state index in [1.807, 2.05) is 20.8 Å². The molecular weight excluding hydrogens is 500 g/mol. The predicted molar refractivity (Wildman–Crippen MR) is 161 cm³/mol. The molecule has 4 aliphatic rings. The van der Waals surface area contributed by atoms with Crippen LogP contribution in [0.4, 0.5) is 10.5 Å². The summed E-state index contributed by atoms with van der Waals surface area (Å²) in [7, 11) is 4.41. The maximum absolute atomic E-state index is 13.8. The van der Waals surface area contributed by atoms with Crippen LogP contribution in [0.25, 0.3) is 6.08 Å². The fourth-order valence-corrected chi connectivity index (χ4v) is 6.91. The van der Waals surface area contributed by atoms with Crippen molar-refractivity contribution in [3.63, 3.8) is 0 Å².